The highest BCUT2D eigenvalue weighted by atomic mass is 32.1. The fourth-order valence-corrected chi connectivity index (χ4v) is 2.84. The van der Waals surface area contributed by atoms with Crippen LogP contribution in [0.25, 0.3) is 21.9 Å². The average Bonchev–Trinajstić information content (AvgIpc) is 3.36. The molecule has 0 unspecified atom stereocenters. The molecule has 4 heterocycles. The lowest BCUT2D eigenvalue weighted by Gasteiger charge is -1.96. The number of nitrogens with one attached hydrogen (secondary N) is 2. The van der Waals surface area contributed by atoms with E-state index in [9.17, 15) is 4.79 Å². The SMILES string of the molecule is O=C(Nc1cc(-c2ccncc2)[nH]n1)c1cc(-c2cccs2)on1. The molecule has 0 saturated carbocycles. The molecule has 8 heteroatoms. The molecule has 4 aromatic rings. The van der Waals surface area contributed by atoms with Gasteiger partial charge < -0.3 is 9.84 Å². The Hall–Kier alpha value is -3.26. The molecule has 0 radical (unpaired) electrons. The average molecular weight is 337 g/mol. The molecular weight excluding hydrogens is 326 g/mol. The number of H-pyrrole nitrogens is 1. The van der Waals surface area contributed by atoms with Gasteiger partial charge in [-0.2, -0.15) is 5.10 Å². The third kappa shape index (κ3) is 2.82. The number of carbonyl (C=O) groups excluding carboxylic acids is 1. The topological polar surface area (TPSA) is 96.7 Å². The van der Waals surface area contributed by atoms with Gasteiger partial charge >= 0.3 is 0 Å². The van der Waals surface area contributed by atoms with Gasteiger partial charge in [-0.25, -0.2) is 0 Å². The molecule has 0 atom stereocenters. The largest absolute Gasteiger partial charge is 0.355 e. The Labute approximate surface area is 140 Å². The fourth-order valence-electron chi connectivity index (χ4n) is 2.16. The van der Waals surface area contributed by atoms with E-state index in [0.29, 0.717) is 11.6 Å². The molecule has 0 saturated heterocycles. The van der Waals surface area contributed by atoms with Crippen LogP contribution in [0.2, 0.25) is 0 Å². The fraction of sp³-hybridized carbons (Fsp3) is 0. The maximum Gasteiger partial charge on any atom is 0.279 e. The molecule has 24 heavy (non-hydrogen) atoms. The number of nitrogens with zero attached hydrogens (tertiary/aromatic N) is 3. The lowest BCUT2D eigenvalue weighted by atomic mass is 10.2. The zero-order chi connectivity index (χ0) is 16.4. The van der Waals surface area contributed by atoms with E-state index in [0.717, 1.165) is 16.1 Å². The number of aromatic nitrogens is 4. The second kappa shape index (κ2) is 6.09. The van der Waals surface area contributed by atoms with Crippen molar-refractivity contribution in [1.29, 1.82) is 0 Å². The molecule has 7 nitrogen and oxygen atoms in total. The van der Waals surface area contributed by atoms with E-state index in [1.165, 1.54) is 11.3 Å². The van der Waals surface area contributed by atoms with Crippen molar-refractivity contribution < 1.29 is 9.32 Å². The summed E-state index contributed by atoms with van der Waals surface area (Å²) >= 11 is 1.52. The molecule has 118 valence electrons. The first-order chi connectivity index (χ1) is 11.8. The van der Waals surface area contributed by atoms with Crippen LogP contribution in [0.5, 0.6) is 0 Å². The predicted octanol–water partition coefficient (Wildman–Crippen LogP) is 3.44. The van der Waals surface area contributed by atoms with Crippen molar-refractivity contribution >= 4 is 23.1 Å². The van der Waals surface area contributed by atoms with E-state index in [1.54, 1.807) is 24.5 Å². The summed E-state index contributed by atoms with van der Waals surface area (Å²) in [6.07, 6.45) is 3.38. The van der Waals surface area contributed by atoms with Gasteiger partial charge in [0.1, 0.15) is 0 Å². The molecular formula is C16H11N5O2S. The zero-order valence-electron chi connectivity index (χ0n) is 12.3. The summed E-state index contributed by atoms with van der Waals surface area (Å²) in [4.78, 5) is 17.1. The van der Waals surface area contributed by atoms with Gasteiger partial charge in [0.05, 0.1) is 10.6 Å². The Morgan fingerprint density at radius 3 is 2.88 bits per heavy atom. The molecule has 0 spiro atoms. The Morgan fingerprint density at radius 1 is 1.21 bits per heavy atom. The minimum atomic E-state index is -0.380. The second-order valence-corrected chi connectivity index (χ2v) is 5.86. The van der Waals surface area contributed by atoms with E-state index >= 15 is 0 Å². The number of aromatic amines is 1. The predicted molar refractivity (Wildman–Crippen MR) is 89.6 cm³/mol. The Bertz CT molecular complexity index is 959. The van der Waals surface area contributed by atoms with Crippen molar-refractivity contribution in [3.8, 4) is 21.9 Å². The Morgan fingerprint density at radius 2 is 2.08 bits per heavy atom. The van der Waals surface area contributed by atoms with Crippen LogP contribution in [-0.4, -0.2) is 26.2 Å². The van der Waals surface area contributed by atoms with Crippen LogP contribution in [-0.2, 0) is 0 Å². The molecule has 0 aliphatic rings. The van der Waals surface area contributed by atoms with Crippen molar-refractivity contribution in [2.75, 3.05) is 5.32 Å². The smallest absolute Gasteiger partial charge is 0.279 e. The molecule has 0 fully saturated rings. The Balaban J connectivity index is 1.50. The van der Waals surface area contributed by atoms with Gasteiger partial charge in [-0.3, -0.25) is 14.9 Å². The molecule has 4 aromatic heterocycles. The lowest BCUT2D eigenvalue weighted by Crippen LogP contribution is -2.12. The van der Waals surface area contributed by atoms with Crippen molar-refractivity contribution in [1.82, 2.24) is 20.3 Å². The maximum absolute atomic E-state index is 12.2. The summed E-state index contributed by atoms with van der Waals surface area (Å²) in [5.41, 5.74) is 1.92. The van der Waals surface area contributed by atoms with Crippen LogP contribution >= 0.6 is 11.3 Å². The van der Waals surface area contributed by atoms with Crippen LogP contribution in [0.4, 0.5) is 5.82 Å². The number of carbonyl (C=O) groups is 1. The summed E-state index contributed by atoms with van der Waals surface area (Å²) in [6, 6.07) is 10.9. The van der Waals surface area contributed by atoms with Crippen LogP contribution in [0.15, 0.2) is 58.7 Å². The summed E-state index contributed by atoms with van der Waals surface area (Å²) in [6.45, 7) is 0. The number of pyridine rings is 1. The summed E-state index contributed by atoms with van der Waals surface area (Å²) < 4.78 is 5.21. The molecule has 2 N–H and O–H groups in total. The highest BCUT2D eigenvalue weighted by Gasteiger charge is 2.15. The van der Waals surface area contributed by atoms with Crippen LogP contribution in [0.1, 0.15) is 10.5 Å². The van der Waals surface area contributed by atoms with Crippen molar-refractivity contribution in [2.24, 2.45) is 0 Å². The molecule has 4 rings (SSSR count). The van der Waals surface area contributed by atoms with Gasteiger partial charge in [0.15, 0.2) is 17.3 Å². The quantitative estimate of drug-likeness (QED) is 0.594. The first-order valence-corrected chi connectivity index (χ1v) is 7.95. The lowest BCUT2D eigenvalue weighted by molar-refractivity contribution is 0.101. The van der Waals surface area contributed by atoms with Gasteiger partial charge in [0.2, 0.25) is 0 Å². The van der Waals surface area contributed by atoms with Gasteiger partial charge in [-0.15, -0.1) is 11.3 Å². The van der Waals surface area contributed by atoms with E-state index in [1.807, 2.05) is 29.6 Å². The minimum Gasteiger partial charge on any atom is -0.355 e. The molecule has 1 amide bonds. The third-order valence-corrected chi connectivity index (χ3v) is 4.20. The Kier molecular flexibility index (Phi) is 3.64. The molecule has 0 aliphatic heterocycles. The van der Waals surface area contributed by atoms with E-state index in [4.69, 9.17) is 4.52 Å². The molecule has 0 aliphatic carbocycles. The zero-order valence-corrected chi connectivity index (χ0v) is 13.1. The van der Waals surface area contributed by atoms with Gasteiger partial charge in [0.25, 0.3) is 5.91 Å². The minimum absolute atomic E-state index is 0.201. The van der Waals surface area contributed by atoms with Gasteiger partial charge in [0, 0.05) is 30.1 Å². The maximum atomic E-state index is 12.2. The van der Waals surface area contributed by atoms with Gasteiger partial charge in [-0.1, -0.05) is 11.2 Å². The molecule has 0 aromatic carbocycles. The first kappa shape index (κ1) is 14.3. The summed E-state index contributed by atoms with van der Waals surface area (Å²) in [7, 11) is 0. The number of hydrogen-bond acceptors (Lipinski definition) is 6. The van der Waals surface area contributed by atoms with Crippen LogP contribution in [0, 0.1) is 0 Å². The summed E-state index contributed by atoms with van der Waals surface area (Å²) in [5, 5.41) is 15.4. The van der Waals surface area contributed by atoms with Gasteiger partial charge in [-0.05, 0) is 23.6 Å². The normalized spacial score (nSPS) is 10.7. The standard InChI is InChI=1S/C16H11N5O2S/c22-16(12-8-13(23-21-12)14-2-1-7-24-14)18-15-9-11(19-20-15)10-3-5-17-6-4-10/h1-9H,(H2,18,19,20,22). The van der Waals surface area contributed by atoms with Crippen LogP contribution in [0.3, 0.4) is 0 Å². The van der Waals surface area contributed by atoms with E-state index < -0.39 is 0 Å². The highest BCUT2D eigenvalue weighted by Crippen LogP contribution is 2.25. The number of rotatable bonds is 4. The summed E-state index contributed by atoms with van der Waals surface area (Å²) in [5.74, 6) is 0.594. The number of amides is 1. The van der Waals surface area contributed by atoms with Crippen LogP contribution < -0.4 is 5.32 Å². The second-order valence-electron chi connectivity index (χ2n) is 4.91. The first-order valence-electron chi connectivity index (χ1n) is 7.07. The molecule has 0 bridgehead atoms. The van der Waals surface area contributed by atoms with E-state index in [-0.39, 0.29) is 11.6 Å². The van der Waals surface area contributed by atoms with Crippen molar-refractivity contribution in [3.63, 3.8) is 0 Å². The highest BCUT2D eigenvalue weighted by molar-refractivity contribution is 7.13. The van der Waals surface area contributed by atoms with Crippen molar-refractivity contribution in [2.45, 2.75) is 0 Å². The monoisotopic (exact) mass is 337 g/mol. The number of hydrogen-bond donors (Lipinski definition) is 2. The number of anilines is 1. The van der Waals surface area contributed by atoms with E-state index in [2.05, 4.69) is 25.7 Å². The number of thiophene rings is 1. The van der Waals surface area contributed by atoms with Crippen molar-refractivity contribution in [3.05, 3.63) is 59.9 Å². The third-order valence-electron chi connectivity index (χ3n) is 3.32.